The van der Waals surface area contributed by atoms with Gasteiger partial charge in [-0.15, -0.1) is 0 Å². The van der Waals surface area contributed by atoms with Crippen LogP contribution >= 0.6 is 15.9 Å². The number of benzene rings is 3. The molecule has 0 aromatic heterocycles. The third-order valence-corrected chi connectivity index (χ3v) is 5.10. The number of hydrogen-bond acceptors (Lipinski definition) is 2. The summed E-state index contributed by atoms with van der Waals surface area (Å²) in [6.07, 6.45) is 0.902. The first kappa shape index (κ1) is 16.1. The maximum atomic E-state index is 4.97. The Labute approximate surface area is 156 Å². The molecule has 1 atom stereocenters. The minimum atomic E-state index is 0.224. The fraction of sp³-hybridized carbons (Fsp3) is 0.136. The summed E-state index contributed by atoms with van der Waals surface area (Å²) in [7, 11) is 0. The van der Waals surface area contributed by atoms with Crippen LogP contribution in [0, 0.1) is 6.92 Å². The minimum Gasteiger partial charge on any atom is -0.257 e. The second kappa shape index (κ2) is 6.85. The molecule has 3 aromatic rings. The van der Waals surface area contributed by atoms with E-state index in [1.807, 2.05) is 6.07 Å². The second-order valence-electron chi connectivity index (χ2n) is 6.36. The molecule has 0 fully saturated rings. The molecule has 0 N–H and O–H groups in total. The lowest BCUT2D eigenvalue weighted by molar-refractivity contribution is 0.709. The van der Waals surface area contributed by atoms with Gasteiger partial charge in [-0.3, -0.25) is 5.01 Å². The number of rotatable bonds is 3. The minimum absolute atomic E-state index is 0.224. The molecular weight excluding hydrogens is 372 g/mol. The third-order valence-electron chi connectivity index (χ3n) is 4.57. The Hall–Kier alpha value is -2.39. The summed E-state index contributed by atoms with van der Waals surface area (Å²) in [5, 5.41) is 7.13. The summed E-state index contributed by atoms with van der Waals surface area (Å²) in [6, 6.07) is 27.8. The number of nitrogens with zero attached hydrogens (tertiary/aromatic N) is 2. The van der Waals surface area contributed by atoms with Crippen molar-refractivity contribution in [2.24, 2.45) is 5.10 Å². The van der Waals surface area contributed by atoms with Crippen molar-refractivity contribution < 1.29 is 0 Å². The molecule has 0 saturated heterocycles. The lowest BCUT2D eigenvalue weighted by atomic mass is 9.97. The number of hydrogen-bond donors (Lipinski definition) is 0. The van der Waals surface area contributed by atoms with E-state index in [0.717, 1.165) is 22.3 Å². The van der Waals surface area contributed by atoms with Crippen molar-refractivity contribution >= 4 is 27.3 Å². The van der Waals surface area contributed by atoms with Crippen molar-refractivity contribution in [2.45, 2.75) is 19.4 Å². The molecular formula is C22H19BrN2. The molecule has 0 spiro atoms. The highest BCUT2D eigenvalue weighted by atomic mass is 79.9. The van der Waals surface area contributed by atoms with Crippen LogP contribution in [0.5, 0.6) is 0 Å². The summed E-state index contributed by atoms with van der Waals surface area (Å²) < 4.78 is 1.09. The predicted molar refractivity (Wildman–Crippen MR) is 108 cm³/mol. The number of anilines is 1. The van der Waals surface area contributed by atoms with Crippen molar-refractivity contribution in [3.05, 3.63) is 100 Å². The molecule has 3 aromatic carbocycles. The second-order valence-corrected chi connectivity index (χ2v) is 7.28. The van der Waals surface area contributed by atoms with E-state index in [1.54, 1.807) is 0 Å². The van der Waals surface area contributed by atoms with E-state index < -0.39 is 0 Å². The van der Waals surface area contributed by atoms with Gasteiger partial charge in [0, 0.05) is 10.9 Å². The van der Waals surface area contributed by atoms with Crippen molar-refractivity contribution in [3.8, 4) is 0 Å². The summed E-state index contributed by atoms with van der Waals surface area (Å²) in [6.45, 7) is 2.12. The molecule has 0 bridgehead atoms. The average Bonchev–Trinajstić information content (AvgIpc) is 3.09. The number of aryl methyl sites for hydroxylation is 1. The van der Waals surface area contributed by atoms with Crippen molar-refractivity contribution in [2.75, 3.05) is 5.01 Å². The SMILES string of the molecule is Cc1ccc(C2CC(c3ccc(Br)cc3)=NN2c2ccccc2)cc1. The van der Waals surface area contributed by atoms with Crippen LogP contribution in [0.25, 0.3) is 0 Å². The Morgan fingerprint density at radius 3 is 2.24 bits per heavy atom. The number of para-hydroxylation sites is 1. The van der Waals surface area contributed by atoms with Crippen molar-refractivity contribution in [1.82, 2.24) is 0 Å². The highest BCUT2D eigenvalue weighted by Gasteiger charge is 2.29. The Balaban J connectivity index is 1.73. The Morgan fingerprint density at radius 2 is 1.56 bits per heavy atom. The molecule has 4 rings (SSSR count). The van der Waals surface area contributed by atoms with Gasteiger partial charge in [-0.05, 0) is 42.3 Å². The van der Waals surface area contributed by atoms with Gasteiger partial charge in [-0.1, -0.05) is 76.1 Å². The largest absolute Gasteiger partial charge is 0.257 e. The van der Waals surface area contributed by atoms with E-state index in [2.05, 4.69) is 101 Å². The first-order valence-electron chi connectivity index (χ1n) is 8.45. The van der Waals surface area contributed by atoms with Crippen molar-refractivity contribution in [3.63, 3.8) is 0 Å². The van der Waals surface area contributed by atoms with Gasteiger partial charge in [0.1, 0.15) is 0 Å². The predicted octanol–water partition coefficient (Wildman–Crippen LogP) is 6.11. The fourth-order valence-electron chi connectivity index (χ4n) is 3.19. The van der Waals surface area contributed by atoms with Gasteiger partial charge >= 0.3 is 0 Å². The van der Waals surface area contributed by atoms with E-state index in [1.165, 1.54) is 16.7 Å². The van der Waals surface area contributed by atoms with Crippen LogP contribution in [0.2, 0.25) is 0 Å². The molecule has 3 heteroatoms. The molecule has 0 saturated carbocycles. The summed E-state index contributed by atoms with van der Waals surface area (Å²) >= 11 is 3.51. The molecule has 0 radical (unpaired) electrons. The normalized spacial score (nSPS) is 16.8. The summed E-state index contributed by atoms with van der Waals surface area (Å²) in [5.74, 6) is 0. The van der Waals surface area contributed by atoms with Crippen molar-refractivity contribution in [1.29, 1.82) is 0 Å². The fourth-order valence-corrected chi connectivity index (χ4v) is 3.46. The zero-order valence-corrected chi connectivity index (χ0v) is 15.6. The van der Waals surface area contributed by atoms with Gasteiger partial charge in [0.2, 0.25) is 0 Å². The molecule has 1 heterocycles. The monoisotopic (exact) mass is 390 g/mol. The Morgan fingerprint density at radius 1 is 0.880 bits per heavy atom. The molecule has 1 aliphatic rings. The molecule has 0 amide bonds. The van der Waals surface area contributed by atoms with Crippen LogP contribution in [0.1, 0.15) is 29.2 Å². The molecule has 2 nitrogen and oxygen atoms in total. The Kier molecular flexibility index (Phi) is 4.41. The number of hydrazone groups is 1. The maximum Gasteiger partial charge on any atom is 0.0831 e. The van der Waals surface area contributed by atoms with E-state index in [9.17, 15) is 0 Å². The van der Waals surface area contributed by atoms with Crippen LogP contribution in [0.4, 0.5) is 5.69 Å². The first-order chi connectivity index (χ1) is 12.2. The molecule has 1 unspecified atom stereocenters. The van der Waals surface area contributed by atoms with Gasteiger partial charge in [-0.2, -0.15) is 5.10 Å². The van der Waals surface area contributed by atoms with Gasteiger partial charge in [0.05, 0.1) is 17.4 Å². The van der Waals surface area contributed by atoms with E-state index in [-0.39, 0.29) is 6.04 Å². The Bertz CT molecular complexity index is 884. The van der Waals surface area contributed by atoms with E-state index in [4.69, 9.17) is 5.10 Å². The summed E-state index contributed by atoms with van der Waals surface area (Å²) in [5.41, 5.74) is 6.01. The van der Waals surface area contributed by atoms with Crippen LogP contribution in [-0.2, 0) is 0 Å². The highest BCUT2D eigenvalue weighted by Crippen LogP contribution is 2.36. The topological polar surface area (TPSA) is 15.6 Å². The average molecular weight is 391 g/mol. The van der Waals surface area contributed by atoms with Crippen LogP contribution in [-0.4, -0.2) is 5.71 Å². The molecule has 25 heavy (non-hydrogen) atoms. The van der Waals surface area contributed by atoms with E-state index in [0.29, 0.717) is 0 Å². The molecule has 1 aliphatic heterocycles. The molecule has 124 valence electrons. The lowest BCUT2D eigenvalue weighted by Crippen LogP contribution is -2.18. The first-order valence-corrected chi connectivity index (χ1v) is 9.24. The smallest absolute Gasteiger partial charge is 0.0831 e. The maximum absolute atomic E-state index is 4.97. The third kappa shape index (κ3) is 3.38. The molecule has 0 aliphatic carbocycles. The standard InChI is InChI=1S/C22H19BrN2/c1-16-7-9-18(10-8-16)22-15-21(17-11-13-19(23)14-12-17)24-25(22)20-5-3-2-4-6-20/h2-14,22H,15H2,1H3. The van der Waals surface area contributed by atoms with Gasteiger partial charge < -0.3 is 0 Å². The number of halogens is 1. The summed E-state index contributed by atoms with van der Waals surface area (Å²) in [4.78, 5) is 0. The van der Waals surface area contributed by atoms with E-state index >= 15 is 0 Å². The van der Waals surface area contributed by atoms with Crippen LogP contribution in [0.15, 0.2) is 88.4 Å². The highest BCUT2D eigenvalue weighted by molar-refractivity contribution is 9.10. The van der Waals surface area contributed by atoms with Crippen LogP contribution in [0.3, 0.4) is 0 Å². The van der Waals surface area contributed by atoms with Gasteiger partial charge in [0.25, 0.3) is 0 Å². The van der Waals surface area contributed by atoms with Gasteiger partial charge in [0.15, 0.2) is 0 Å². The quantitative estimate of drug-likeness (QED) is 0.526. The lowest BCUT2D eigenvalue weighted by Gasteiger charge is -2.24. The zero-order valence-electron chi connectivity index (χ0n) is 14.1. The zero-order chi connectivity index (χ0) is 17.2. The van der Waals surface area contributed by atoms with Gasteiger partial charge in [-0.25, -0.2) is 0 Å². The van der Waals surface area contributed by atoms with Crippen LogP contribution < -0.4 is 5.01 Å².